The lowest BCUT2D eigenvalue weighted by atomic mass is 9.52. The lowest BCUT2D eigenvalue weighted by Gasteiger charge is -2.62. The largest absolute Gasteiger partial charge is 0.459 e. The second kappa shape index (κ2) is 15.9. The highest BCUT2D eigenvalue weighted by Gasteiger charge is 2.74. The molecule has 5 aliphatic rings. The van der Waals surface area contributed by atoms with Gasteiger partial charge in [-0.3, -0.25) is 14.4 Å². The first-order chi connectivity index (χ1) is 29.4. The summed E-state index contributed by atoms with van der Waals surface area (Å²) in [6.07, 6.45) is -8.95. The van der Waals surface area contributed by atoms with Gasteiger partial charge in [0.15, 0.2) is 17.5 Å². The van der Waals surface area contributed by atoms with Gasteiger partial charge in [0.1, 0.15) is 30.0 Å². The topological polar surface area (TPSA) is 194 Å². The van der Waals surface area contributed by atoms with Gasteiger partial charge in [0.05, 0.1) is 23.7 Å². The molecule has 3 aromatic carbocycles. The Kier molecular flexibility index (Phi) is 11.0. The number of carbonyl (C=O) groups is 5. The average Bonchev–Trinajstić information content (AvgIpc) is 3.70. The molecule has 14 nitrogen and oxygen atoms in total. The maximum absolute atomic E-state index is 15.6. The van der Waals surface area contributed by atoms with Crippen molar-refractivity contribution in [3.05, 3.63) is 119 Å². The lowest BCUT2D eigenvalue weighted by Crippen LogP contribution is -2.75. The van der Waals surface area contributed by atoms with Crippen LogP contribution in [0.15, 0.2) is 107 Å². The summed E-state index contributed by atoms with van der Waals surface area (Å²) in [5.74, 6) is -4.82. The number of Topliss-reactive ketones (excluding diaryl/α,β-unsaturated/α-hetero) is 1. The third kappa shape index (κ3) is 6.92. The second-order valence-corrected chi connectivity index (χ2v) is 17.8. The van der Waals surface area contributed by atoms with E-state index in [0.29, 0.717) is 16.7 Å². The molecule has 2 heterocycles. The Morgan fingerprint density at radius 2 is 1.45 bits per heavy atom. The third-order valence-electron chi connectivity index (χ3n) is 14.0. The van der Waals surface area contributed by atoms with Crippen molar-refractivity contribution in [2.24, 2.45) is 21.7 Å². The summed E-state index contributed by atoms with van der Waals surface area (Å²) < 4.78 is 37.0. The van der Waals surface area contributed by atoms with E-state index in [1.54, 1.807) is 63.2 Å². The van der Waals surface area contributed by atoms with Crippen LogP contribution in [0.5, 0.6) is 0 Å². The summed E-state index contributed by atoms with van der Waals surface area (Å²) in [6.45, 7) is 8.64. The number of hydrogen-bond donors (Lipinski definition) is 2. The Labute approximate surface area is 359 Å². The van der Waals surface area contributed by atoms with E-state index in [2.05, 4.69) is 0 Å². The molecular weight excluding hydrogens is 799 g/mol. The number of aliphatic imine (C=N–C) groups is 1. The van der Waals surface area contributed by atoms with Crippen LogP contribution in [0.25, 0.3) is 0 Å². The van der Waals surface area contributed by atoms with Crippen molar-refractivity contribution in [3.8, 4) is 0 Å². The average molecular weight is 850 g/mol. The van der Waals surface area contributed by atoms with Crippen LogP contribution in [0.2, 0.25) is 0 Å². The molecule has 11 atom stereocenters. The fraction of sp³-hybridized carbons (Fsp3) is 0.458. The Bertz CT molecular complexity index is 2330. The summed E-state index contributed by atoms with van der Waals surface area (Å²) in [7, 11) is 0. The molecular formula is C48H51NO13. The van der Waals surface area contributed by atoms with Crippen LogP contribution in [0, 0.1) is 16.7 Å². The van der Waals surface area contributed by atoms with E-state index < -0.39 is 100 Å². The van der Waals surface area contributed by atoms with Crippen LogP contribution < -0.4 is 0 Å². The third-order valence-corrected chi connectivity index (χ3v) is 14.0. The van der Waals surface area contributed by atoms with Crippen molar-refractivity contribution < 1.29 is 62.6 Å². The van der Waals surface area contributed by atoms with Crippen molar-refractivity contribution in [1.82, 2.24) is 0 Å². The summed E-state index contributed by atoms with van der Waals surface area (Å²) in [6, 6.07) is 25.5. The number of benzene rings is 3. The van der Waals surface area contributed by atoms with Crippen LogP contribution in [0.4, 0.5) is 0 Å². The summed E-state index contributed by atoms with van der Waals surface area (Å²) in [4.78, 5) is 75.2. The molecule has 2 aliphatic heterocycles. The molecule has 3 aromatic rings. The summed E-state index contributed by atoms with van der Waals surface area (Å²) in [5.41, 5.74) is -5.22. The molecule has 8 rings (SSSR count). The number of ether oxygens (including phenoxy) is 6. The second-order valence-electron chi connectivity index (χ2n) is 17.8. The molecule has 0 radical (unpaired) electrons. The minimum atomic E-state index is -2.19. The van der Waals surface area contributed by atoms with Crippen LogP contribution >= 0.6 is 0 Å². The van der Waals surface area contributed by atoms with E-state index in [9.17, 15) is 29.4 Å². The van der Waals surface area contributed by atoms with Gasteiger partial charge in [-0.15, -0.1) is 0 Å². The first-order valence-electron chi connectivity index (χ1n) is 20.9. The van der Waals surface area contributed by atoms with Gasteiger partial charge < -0.3 is 38.6 Å². The number of esters is 4. The first kappa shape index (κ1) is 43.0. The zero-order valence-electron chi connectivity index (χ0n) is 35.4. The van der Waals surface area contributed by atoms with Gasteiger partial charge in [-0.2, -0.15) is 0 Å². The zero-order valence-corrected chi connectivity index (χ0v) is 35.4. The number of nitrogens with zero attached hydrogens (tertiary/aromatic N) is 1. The molecule has 2 bridgehead atoms. The molecule has 2 N–H and O–H groups in total. The van der Waals surface area contributed by atoms with Gasteiger partial charge in [-0.25, -0.2) is 14.6 Å². The van der Waals surface area contributed by atoms with Crippen molar-refractivity contribution >= 4 is 35.6 Å². The van der Waals surface area contributed by atoms with E-state index in [1.165, 1.54) is 13.8 Å². The summed E-state index contributed by atoms with van der Waals surface area (Å²) >= 11 is 0. The van der Waals surface area contributed by atoms with Crippen LogP contribution in [-0.4, -0.2) is 100 Å². The monoisotopic (exact) mass is 849 g/mol. The number of hydrogen-bond acceptors (Lipinski definition) is 14. The highest BCUT2D eigenvalue weighted by Crippen LogP contribution is 2.62. The number of carbonyl (C=O) groups excluding carboxylic acids is 5. The quantitative estimate of drug-likeness (QED) is 0.171. The van der Waals surface area contributed by atoms with E-state index >= 15 is 4.79 Å². The molecule has 3 aliphatic carbocycles. The van der Waals surface area contributed by atoms with E-state index in [1.807, 2.05) is 48.5 Å². The molecule has 0 spiro atoms. The van der Waals surface area contributed by atoms with Gasteiger partial charge in [-0.05, 0) is 61.2 Å². The number of fused-ring (bicyclic) bond motifs is 5. The predicted molar refractivity (Wildman–Crippen MR) is 220 cm³/mol. The molecule has 2 saturated carbocycles. The van der Waals surface area contributed by atoms with Gasteiger partial charge >= 0.3 is 23.9 Å². The number of aliphatic hydroxyl groups excluding tert-OH is 1. The molecule has 1 saturated heterocycles. The minimum absolute atomic E-state index is 0.0979. The van der Waals surface area contributed by atoms with Gasteiger partial charge in [-0.1, -0.05) is 80.6 Å². The van der Waals surface area contributed by atoms with Crippen molar-refractivity contribution in [3.63, 3.8) is 0 Å². The maximum atomic E-state index is 15.6. The molecule has 326 valence electrons. The van der Waals surface area contributed by atoms with Crippen molar-refractivity contribution in [2.45, 2.75) is 115 Å². The molecule has 14 heteroatoms. The van der Waals surface area contributed by atoms with Crippen molar-refractivity contribution in [2.75, 3.05) is 6.61 Å². The van der Waals surface area contributed by atoms with Crippen molar-refractivity contribution in [1.29, 1.82) is 0 Å². The number of aliphatic hydroxyl groups is 2. The fourth-order valence-electron chi connectivity index (χ4n) is 10.6. The predicted octanol–water partition coefficient (Wildman–Crippen LogP) is 5.18. The van der Waals surface area contributed by atoms with Crippen LogP contribution in [0.1, 0.15) is 88.3 Å². The van der Waals surface area contributed by atoms with E-state index in [4.69, 9.17) is 33.4 Å². The van der Waals surface area contributed by atoms with Gasteiger partial charge in [0, 0.05) is 43.6 Å². The smallest absolute Gasteiger partial charge is 0.350 e. The minimum Gasteiger partial charge on any atom is -0.459 e. The highest BCUT2D eigenvalue weighted by molar-refractivity contribution is 5.98. The zero-order chi connectivity index (χ0) is 44.4. The molecule has 3 fully saturated rings. The molecule has 0 aromatic heterocycles. The molecule has 62 heavy (non-hydrogen) atoms. The lowest BCUT2D eigenvalue weighted by molar-refractivity contribution is -0.323. The van der Waals surface area contributed by atoms with Gasteiger partial charge in [0.2, 0.25) is 12.0 Å². The number of ketones is 1. The fourth-order valence-corrected chi connectivity index (χ4v) is 10.6. The number of rotatable bonds is 8. The molecule has 3 unspecified atom stereocenters. The normalized spacial score (nSPS) is 34.6. The van der Waals surface area contributed by atoms with E-state index in [0.717, 1.165) is 6.92 Å². The van der Waals surface area contributed by atoms with E-state index in [-0.39, 0.29) is 42.9 Å². The summed E-state index contributed by atoms with van der Waals surface area (Å²) in [5, 5.41) is 25.7. The standard InChI is InChI=1S/C48H51NO13/c1-26-32(59-44(55)40-38(29-16-10-7-11-17-29)49-42(61-40)30-18-12-8-13-19-30)24-48(56)36(60-43(54)31-20-14-9-15-21-31)22-33-46(6,34(52)23-35-47(33,25-57-35)62-28(3)51)41(53)39(58-27(2)50)37(26)45(48,4)5/h7-21,32-36,38-40,52,56H,22-25H2,1-6H3/t32-,33?,34-,35+,36-,38?,39+,40?,46-,47+,48+/m0/s1. The van der Waals surface area contributed by atoms with Crippen LogP contribution in [0.3, 0.4) is 0 Å². The SMILES string of the molecule is CC(=O)O[C@H]1C(=O)[C@@]2(C)C(C[C@H](OC(=O)c3ccccc3)[C@]3(O)C[C@H](OC(=O)C4OC(c5ccccc5)=NC4c4ccccc4)C(C)=C1C3(C)C)[C@]1(OC(C)=O)CO[C@@H]1C[C@@H]2O. The maximum Gasteiger partial charge on any atom is 0.350 e. The highest BCUT2D eigenvalue weighted by atomic mass is 16.6. The Hall–Kier alpha value is -5.70. The Morgan fingerprint density at radius 3 is 2.05 bits per heavy atom. The van der Waals surface area contributed by atoms with Gasteiger partial charge in [0.25, 0.3) is 0 Å². The Morgan fingerprint density at radius 1 is 0.823 bits per heavy atom. The Balaban J connectivity index is 1.28. The molecule has 0 amide bonds. The van der Waals surface area contributed by atoms with Crippen LogP contribution in [-0.2, 0) is 47.6 Å². The first-order valence-corrected chi connectivity index (χ1v) is 20.9.